The number of hydrogen-bond acceptors (Lipinski definition) is 5. The van der Waals surface area contributed by atoms with Crippen molar-refractivity contribution in [2.75, 3.05) is 11.1 Å². The van der Waals surface area contributed by atoms with Crippen LogP contribution in [-0.4, -0.2) is 32.3 Å². The van der Waals surface area contributed by atoms with Gasteiger partial charge >= 0.3 is 0 Å². The number of amides is 2. The summed E-state index contributed by atoms with van der Waals surface area (Å²) in [6.07, 6.45) is 0. The number of carbonyl (C=O) groups excluding carboxylic acids is 2. The van der Waals surface area contributed by atoms with Crippen LogP contribution in [0.2, 0.25) is 5.02 Å². The van der Waals surface area contributed by atoms with E-state index in [1.165, 1.54) is 11.8 Å². The molecule has 2 N–H and O–H groups in total. The number of rotatable bonds is 7. The van der Waals surface area contributed by atoms with Crippen LogP contribution < -0.4 is 10.6 Å². The van der Waals surface area contributed by atoms with Crippen molar-refractivity contribution in [3.8, 4) is 0 Å². The Morgan fingerprint density at radius 1 is 1.13 bits per heavy atom. The molecular formula is C21H22ClN5O2S. The zero-order chi connectivity index (χ0) is 21.7. The van der Waals surface area contributed by atoms with Gasteiger partial charge in [-0.3, -0.25) is 9.59 Å². The molecule has 3 rings (SSSR count). The maximum absolute atomic E-state index is 12.4. The Balaban J connectivity index is 1.58. The number of thioether (sulfide) groups is 1. The standard InChI is InChI=1S/C21H22ClN5O2S/c1-13-6-4-5-7-17(13)24-18(28)12-30-21-26-25-19(27(21)3)14(2)23-20(29)15-8-10-16(22)11-9-15/h4-11,14H,12H2,1-3H3,(H,23,29)(H,24,28)/t14-/m0/s1. The molecular weight excluding hydrogens is 422 g/mol. The van der Waals surface area contributed by atoms with Crippen LogP contribution in [0.15, 0.2) is 53.7 Å². The monoisotopic (exact) mass is 443 g/mol. The van der Waals surface area contributed by atoms with Gasteiger partial charge in [0.05, 0.1) is 11.8 Å². The smallest absolute Gasteiger partial charge is 0.251 e. The van der Waals surface area contributed by atoms with E-state index in [1.807, 2.05) is 45.2 Å². The maximum Gasteiger partial charge on any atom is 0.251 e. The highest BCUT2D eigenvalue weighted by Crippen LogP contribution is 2.20. The molecule has 3 aromatic rings. The van der Waals surface area contributed by atoms with Gasteiger partial charge in [0, 0.05) is 23.3 Å². The van der Waals surface area contributed by atoms with Gasteiger partial charge in [-0.2, -0.15) is 0 Å². The summed E-state index contributed by atoms with van der Waals surface area (Å²) < 4.78 is 1.78. The summed E-state index contributed by atoms with van der Waals surface area (Å²) in [6, 6.07) is 13.9. The summed E-state index contributed by atoms with van der Waals surface area (Å²) in [5.74, 6) is 0.447. The average Bonchev–Trinajstić information content (AvgIpc) is 3.09. The number of aromatic nitrogens is 3. The van der Waals surface area contributed by atoms with Crippen molar-refractivity contribution >= 4 is 40.9 Å². The van der Waals surface area contributed by atoms with Crippen LogP contribution >= 0.6 is 23.4 Å². The predicted molar refractivity (Wildman–Crippen MR) is 119 cm³/mol. The van der Waals surface area contributed by atoms with Crippen LogP contribution in [0, 0.1) is 6.92 Å². The Labute approximate surface area is 184 Å². The molecule has 0 radical (unpaired) electrons. The highest BCUT2D eigenvalue weighted by molar-refractivity contribution is 7.99. The fourth-order valence-electron chi connectivity index (χ4n) is 2.80. The van der Waals surface area contributed by atoms with E-state index in [0.717, 1.165) is 11.3 Å². The molecule has 1 atom stereocenters. The van der Waals surface area contributed by atoms with Gasteiger partial charge in [-0.25, -0.2) is 0 Å². The second-order valence-electron chi connectivity index (χ2n) is 6.75. The van der Waals surface area contributed by atoms with Crippen LogP contribution in [0.4, 0.5) is 5.69 Å². The lowest BCUT2D eigenvalue weighted by Gasteiger charge is -2.13. The van der Waals surface area contributed by atoms with Crippen molar-refractivity contribution < 1.29 is 9.59 Å². The van der Waals surface area contributed by atoms with E-state index in [4.69, 9.17) is 11.6 Å². The number of benzene rings is 2. The number of nitrogens with zero attached hydrogens (tertiary/aromatic N) is 3. The number of aryl methyl sites for hydroxylation is 1. The summed E-state index contributed by atoms with van der Waals surface area (Å²) >= 11 is 7.15. The zero-order valence-electron chi connectivity index (χ0n) is 16.8. The van der Waals surface area contributed by atoms with Crippen LogP contribution in [0.5, 0.6) is 0 Å². The lowest BCUT2D eigenvalue weighted by atomic mass is 10.2. The molecule has 0 spiro atoms. The Morgan fingerprint density at radius 2 is 1.83 bits per heavy atom. The van der Waals surface area contributed by atoms with E-state index in [-0.39, 0.29) is 23.6 Å². The number of halogens is 1. The molecule has 2 amide bonds. The first kappa shape index (κ1) is 21.9. The topological polar surface area (TPSA) is 88.9 Å². The summed E-state index contributed by atoms with van der Waals surface area (Å²) in [5, 5.41) is 15.3. The third kappa shape index (κ3) is 5.40. The maximum atomic E-state index is 12.4. The SMILES string of the molecule is Cc1ccccc1NC(=O)CSc1nnc([C@H](C)NC(=O)c2ccc(Cl)cc2)n1C. The Kier molecular flexibility index (Phi) is 7.12. The average molecular weight is 444 g/mol. The Bertz CT molecular complexity index is 1050. The van der Waals surface area contributed by atoms with Crippen LogP contribution in [0.1, 0.15) is 34.7 Å². The normalized spacial score (nSPS) is 11.7. The van der Waals surface area contributed by atoms with Crippen molar-refractivity contribution in [2.24, 2.45) is 7.05 Å². The highest BCUT2D eigenvalue weighted by Gasteiger charge is 2.19. The molecule has 0 unspecified atom stereocenters. The largest absolute Gasteiger partial charge is 0.342 e. The quantitative estimate of drug-likeness (QED) is 0.539. The van der Waals surface area contributed by atoms with Gasteiger partial charge in [0.1, 0.15) is 0 Å². The number of nitrogens with one attached hydrogen (secondary N) is 2. The summed E-state index contributed by atoms with van der Waals surface area (Å²) in [7, 11) is 1.81. The van der Waals surface area contributed by atoms with Crippen LogP contribution in [0.3, 0.4) is 0 Å². The molecule has 7 nitrogen and oxygen atoms in total. The van der Waals surface area contributed by atoms with Crippen LogP contribution in [0.25, 0.3) is 0 Å². The molecule has 0 saturated carbocycles. The summed E-state index contributed by atoms with van der Waals surface area (Å²) in [5.41, 5.74) is 2.30. The van der Waals surface area contributed by atoms with E-state index >= 15 is 0 Å². The molecule has 30 heavy (non-hydrogen) atoms. The minimum absolute atomic E-state index is 0.122. The van der Waals surface area contributed by atoms with Crippen molar-refractivity contribution in [3.05, 3.63) is 70.5 Å². The van der Waals surface area contributed by atoms with E-state index < -0.39 is 0 Å². The number of carbonyl (C=O) groups is 2. The van der Waals surface area contributed by atoms with Gasteiger partial charge in [0.15, 0.2) is 11.0 Å². The number of para-hydroxylation sites is 1. The number of anilines is 1. The fourth-order valence-corrected chi connectivity index (χ4v) is 3.65. The first-order valence-corrected chi connectivity index (χ1v) is 10.7. The van der Waals surface area contributed by atoms with Gasteiger partial charge in [0.25, 0.3) is 5.91 Å². The molecule has 1 heterocycles. The lowest BCUT2D eigenvalue weighted by molar-refractivity contribution is -0.113. The fraction of sp³-hybridized carbons (Fsp3) is 0.238. The van der Waals surface area contributed by atoms with E-state index in [9.17, 15) is 9.59 Å². The molecule has 156 valence electrons. The lowest BCUT2D eigenvalue weighted by Crippen LogP contribution is -2.28. The van der Waals surface area contributed by atoms with Gasteiger partial charge in [0.2, 0.25) is 5.91 Å². The van der Waals surface area contributed by atoms with Crippen molar-refractivity contribution in [3.63, 3.8) is 0 Å². The summed E-state index contributed by atoms with van der Waals surface area (Å²) in [6.45, 7) is 3.77. The third-order valence-electron chi connectivity index (χ3n) is 4.46. The summed E-state index contributed by atoms with van der Waals surface area (Å²) in [4.78, 5) is 24.7. The van der Waals surface area contributed by atoms with Crippen molar-refractivity contribution in [1.29, 1.82) is 0 Å². The molecule has 1 aromatic heterocycles. The van der Waals surface area contributed by atoms with Gasteiger partial charge in [-0.1, -0.05) is 41.6 Å². The molecule has 0 aliphatic rings. The van der Waals surface area contributed by atoms with Gasteiger partial charge < -0.3 is 15.2 Å². The van der Waals surface area contributed by atoms with Gasteiger partial charge in [-0.15, -0.1) is 10.2 Å². The van der Waals surface area contributed by atoms with Gasteiger partial charge in [-0.05, 0) is 49.7 Å². The molecule has 0 aliphatic carbocycles. The number of hydrogen-bond donors (Lipinski definition) is 2. The molecule has 0 saturated heterocycles. The Hall–Kier alpha value is -2.84. The molecule has 9 heteroatoms. The minimum atomic E-state index is -0.360. The predicted octanol–water partition coefficient (Wildman–Crippen LogP) is 4.00. The molecule has 2 aromatic carbocycles. The van der Waals surface area contributed by atoms with Crippen molar-refractivity contribution in [2.45, 2.75) is 25.0 Å². The minimum Gasteiger partial charge on any atom is -0.342 e. The van der Waals surface area contributed by atoms with E-state index in [2.05, 4.69) is 20.8 Å². The van der Waals surface area contributed by atoms with Crippen LogP contribution in [-0.2, 0) is 11.8 Å². The first-order valence-electron chi connectivity index (χ1n) is 9.29. The third-order valence-corrected chi connectivity index (χ3v) is 5.73. The second kappa shape index (κ2) is 9.77. The van der Waals surface area contributed by atoms with E-state index in [1.54, 1.807) is 28.8 Å². The molecule has 0 bridgehead atoms. The zero-order valence-corrected chi connectivity index (χ0v) is 18.4. The molecule has 0 fully saturated rings. The molecule has 0 aliphatic heterocycles. The van der Waals surface area contributed by atoms with Crippen molar-refractivity contribution in [1.82, 2.24) is 20.1 Å². The highest BCUT2D eigenvalue weighted by atomic mass is 35.5. The Morgan fingerprint density at radius 3 is 2.53 bits per heavy atom. The van der Waals surface area contributed by atoms with E-state index in [0.29, 0.717) is 21.6 Å². The first-order chi connectivity index (χ1) is 14.3. The second-order valence-corrected chi connectivity index (χ2v) is 8.13.